The second-order valence-corrected chi connectivity index (χ2v) is 4.45. The van der Waals surface area contributed by atoms with E-state index in [4.69, 9.17) is 10.1 Å². The van der Waals surface area contributed by atoms with Crippen LogP contribution < -0.4 is 10.6 Å². The molecule has 0 spiro atoms. The highest BCUT2D eigenvalue weighted by Gasteiger charge is 2.26. The van der Waals surface area contributed by atoms with Crippen LogP contribution in [0.4, 0.5) is 0 Å². The number of unbranched alkanes of at least 4 members (excludes halogenated alkanes) is 1. The summed E-state index contributed by atoms with van der Waals surface area (Å²) in [7, 11) is 0. The predicted molar refractivity (Wildman–Crippen MR) is 65.6 cm³/mol. The summed E-state index contributed by atoms with van der Waals surface area (Å²) in [5, 5.41) is 11.2. The van der Waals surface area contributed by atoms with E-state index in [1.54, 1.807) is 0 Å². The van der Waals surface area contributed by atoms with Crippen molar-refractivity contribution in [2.24, 2.45) is 4.99 Å². The van der Waals surface area contributed by atoms with E-state index in [0.29, 0.717) is 0 Å². The Kier molecular flexibility index (Phi) is 3.39. The molecular weight excluding hydrogens is 198 g/mol. The fourth-order valence-corrected chi connectivity index (χ4v) is 2.30. The summed E-state index contributed by atoms with van der Waals surface area (Å²) in [6.07, 6.45) is 6.28. The summed E-state index contributed by atoms with van der Waals surface area (Å²) in [4.78, 5) is 4.84. The van der Waals surface area contributed by atoms with Gasteiger partial charge in [0.2, 0.25) is 0 Å². The van der Waals surface area contributed by atoms with Gasteiger partial charge in [0.15, 0.2) is 0 Å². The van der Waals surface area contributed by atoms with Gasteiger partial charge in [-0.3, -0.25) is 4.99 Å². The van der Waals surface area contributed by atoms with Crippen LogP contribution in [0.15, 0.2) is 29.3 Å². The lowest BCUT2D eigenvalue weighted by atomic mass is 9.91. The van der Waals surface area contributed by atoms with E-state index in [2.05, 4.69) is 31.2 Å². The molecule has 0 aromatic heterocycles. The summed E-state index contributed by atoms with van der Waals surface area (Å²) < 4.78 is 0. The van der Waals surface area contributed by atoms with Crippen LogP contribution in [0.3, 0.4) is 0 Å². The summed E-state index contributed by atoms with van der Waals surface area (Å²) >= 11 is 0. The van der Waals surface area contributed by atoms with Gasteiger partial charge < -0.3 is 5.11 Å². The minimum Gasteiger partial charge on any atom is -0.396 e. The molecule has 0 aliphatic carbocycles. The quantitative estimate of drug-likeness (QED) is 0.743. The normalized spacial score (nSPS) is 22.4. The zero-order valence-corrected chi connectivity index (χ0v) is 9.82. The number of aliphatic hydroxyl groups excluding tert-OH is 1. The second-order valence-electron chi connectivity index (χ2n) is 4.45. The zero-order chi connectivity index (χ0) is 11.4. The van der Waals surface area contributed by atoms with Crippen molar-refractivity contribution < 1.29 is 5.11 Å². The molecule has 1 aliphatic rings. The van der Waals surface area contributed by atoms with Crippen LogP contribution in [0.25, 0.3) is 6.08 Å². The van der Waals surface area contributed by atoms with E-state index in [1.807, 2.05) is 6.07 Å². The van der Waals surface area contributed by atoms with Gasteiger partial charge in [0.1, 0.15) is 0 Å². The molecule has 86 valence electrons. The highest BCUT2D eigenvalue weighted by Crippen LogP contribution is 2.26. The van der Waals surface area contributed by atoms with Crippen molar-refractivity contribution in [2.75, 3.05) is 6.61 Å². The van der Waals surface area contributed by atoms with Gasteiger partial charge in [-0.1, -0.05) is 25.1 Å². The molecule has 1 aromatic rings. The maximum Gasteiger partial charge on any atom is 0.0802 e. The van der Waals surface area contributed by atoms with E-state index < -0.39 is 0 Å². The average molecular weight is 217 g/mol. The van der Waals surface area contributed by atoms with E-state index in [1.165, 1.54) is 5.22 Å². The first kappa shape index (κ1) is 11.3. The molecule has 1 heterocycles. The molecule has 16 heavy (non-hydrogen) atoms. The molecule has 1 aliphatic heterocycles. The van der Waals surface area contributed by atoms with Crippen LogP contribution in [0.1, 0.15) is 32.6 Å². The molecule has 0 saturated carbocycles. The van der Waals surface area contributed by atoms with Gasteiger partial charge >= 0.3 is 0 Å². The molecule has 2 heteroatoms. The molecule has 0 saturated heterocycles. The summed E-state index contributed by atoms with van der Waals surface area (Å²) in [6.45, 7) is 2.47. The van der Waals surface area contributed by atoms with E-state index >= 15 is 0 Å². The lowest BCUT2D eigenvalue weighted by Gasteiger charge is -2.22. The lowest BCUT2D eigenvalue weighted by Crippen LogP contribution is -2.21. The SMILES string of the molecule is CCC1(CCCCO)C=c2ccccc2=N1. The molecule has 0 fully saturated rings. The molecule has 1 N–H and O–H groups in total. The van der Waals surface area contributed by atoms with Gasteiger partial charge in [-0.2, -0.15) is 0 Å². The first-order valence-electron chi connectivity index (χ1n) is 6.08. The fraction of sp³-hybridized carbons (Fsp3) is 0.500. The predicted octanol–water partition coefficient (Wildman–Crippen LogP) is 1.41. The second kappa shape index (κ2) is 4.79. The van der Waals surface area contributed by atoms with Crippen molar-refractivity contribution >= 4 is 6.08 Å². The van der Waals surface area contributed by atoms with Crippen molar-refractivity contribution in [1.29, 1.82) is 0 Å². The van der Waals surface area contributed by atoms with E-state index in [-0.39, 0.29) is 12.1 Å². The maximum atomic E-state index is 8.83. The zero-order valence-electron chi connectivity index (χ0n) is 9.82. The highest BCUT2D eigenvalue weighted by molar-refractivity contribution is 5.41. The number of para-hydroxylation sites is 1. The van der Waals surface area contributed by atoms with Crippen LogP contribution >= 0.6 is 0 Å². The monoisotopic (exact) mass is 217 g/mol. The number of hydrogen-bond donors (Lipinski definition) is 1. The van der Waals surface area contributed by atoms with Crippen LogP contribution in [0, 0.1) is 0 Å². The third-order valence-corrected chi connectivity index (χ3v) is 3.33. The van der Waals surface area contributed by atoms with Crippen molar-refractivity contribution in [2.45, 2.75) is 38.1 Å². The number of rotatable bonds is 5. The smallest absolute Gasteiger partial charge is 0.0802 e. The summed E-state index contributed by atoms with van der Waals surface area (Å²) in [6, 6.07) is 8.30. The van der Waals surface area contributed by atoms with Crippen molar-refractivity contribution in [3.63, 3.8) is 0 Å². The molecule has 0 bridgehead atoms. The Labute approximate surface area is 96.3 Å². The van der Waals surface area contributed by atoms with Gasteiger partial charge in [0, 0.05) is 6.61 Å². The van der Waals surface area contributed by atoms with Gasteiger partial charge in [0.25, 0.3) is 0 Å². The van der Waals surface area contributed by atoms with Crippen molar-refractivity contribution in [3.05, 3.63) is 34.8 Å². The number of aliphatic hydroxyl groups is 1. The molecule has 0 amide bonds. The highest BCUT2D eigenvalue weighted by atomic mass is 16.2. The number of hydrogen-bond acceptors (Lipinski definition) is 2. The molecular formula is C14H19NO. The Morgan fingerprint density at radius 2 is 2.06 bits per heavy atom. The number of benzene rings is 1. The first-order valence-corrected chi connectivity index (χ1v) is 6.08. The Hall–Kier alpha value is -1.15. The molecule has 1 unspecified atom stereocenters. The number of nitrogens with zero attached hydrogens (tertiary/aromatic N) is 1. The molecule has 1 aromatic carbocycles. The first-order chi connectivity index (χ1) is 7.79. The minimum atomic E-state index is -0.0150. The Morgan fingerprint density at radius 3 is 2.75 bits per heavy atom. The fourth-order valence-electron chi connectivity index (χ4n) is 2.30. The summed E-state index contributed by atoms with van der Waals surface area (Å²) in [5.74, 6) is 0. The number of fused-ring (bicyclic) bond motifs is 1. The van der Waals surface area contributed by atoms with E-state index in [0.717, 1.165) is 31.0 Å². The van der Waals surface area contributed by atoms with Crippen LogP contribution in [0.5, 0.6) is 0 Å². The van der Waals surface area contributed by atoms with E-state index in [9.17, 15) is 0 Å². The Balaban J connectivity index is 2.23. The Bertz CT molecular complexity index is 429. The van der Waals surface area contributed by atoms with Gasteiger partial charge in [-0.05, 0) is 43.0 Å². The lowest BCUT2D eigenvalue weighted by molar-refractivity contribution is 0.278. The van der Waals surface area contributed by atoms with Crippen molar-refractivity contribution in [3.8, 4) is 0 Å². The maximum absolute atomic E-state index is 8.83. The third kappa shape index (κ3) is 2.17. The minimum absolute atomic E-state index is 0.0150. The standard InChI is InChI=1S/C14H19NO/c1-2-14(9-5-6-10-16)11-12-7-3-4-8-13(12)15-14/h3-4,7-8,11,16H,2,5-6,9-10H2,1H3. The van der Waals surface area contributed by atoms with Crippen LogP contribution in [-0.2, 0) is 0 Å². The van der Waals surface area contributed by atoms with Gasteiger partial charge in [-0.25, -0.2) is 0 Å². The van der Waals surface area contributed by atoms with Gasteiger partial charge in [0.05, 0.1) is 10.9 Å². The molecule has 2 rings (SSSR count). The average Bonchev–Trinajstić information content (AvgIpc) is 2.68. The molecule has 1 atom stereocenters. The van der Waals surface area contributed by atoms with Crippen LogP contribution in [0.2, 0.25) is 0 Å². The Morgan fingerprint density at radius 1 is 1.25 bits per heavy atom. The largest absolute Gasteiger partial charge is 0.396 e. The molecule has 2 nitrogen and oxygen atoms in total. The topological polar surface area (TPSA) is 32.6 Å². The third-order valence-electron chi connectivity index (χ3n) is 3.33. The van der Waals surface area contributed by atoms with Crippen molar-refractivity contribution in [1.82, 2.24) is 0 Å². The summed E-state index contributed by atoms with van der Waals surface area (Å²) in [5.41, 5.74) is -0.0150. The molecule has 0 radical (unpaired) electrons. The van der Waals surface area contributed by atoms with Gasteiger partial charge in [-0.15, -0.1) is 0 Å². The van der Waals surface area contributed by atoms with Crippen LogP contribution in [-0.4, -0.2) is 17.3 Å².